The highest BCUT2D eigenvalue weighted by molar-refractivity contribution is 6.04. The van der Waals surface area contributed by atoms with Gasteiger partial charge in [-0.15, -0.1) is 0 Å². The number of piperidine rings is 1. The van der Waals surface area contributed by atoms with Crippen LogP contribution < -0.4 is 10.2 Å². The van der Waals surface area contributed by atoms with Crippen molar-refractivity contribution in [2.75, 3.05) is 23.3 Å². The SMILES string of the molecule is O=C(Nc1ccnn1Cc1ccccc1)c1ccc(N2CCCCC2)c([N+](=O)[O-])c1. The lowest BCUT2D eigenvalue weighted by Gasteiger charge is -2.28. The standard InChI is InChI=1S/C22H23N5O3/c28-22(24-21-11-12-23-26(21)16-17-7-3-1-4-8-17)18-9-10-19(20(15-18)27(29)30)25-13-5-2-6-14-25/h1,3-4,7-12,15H,2,5-6,13-14,16H2,(H,24,28). The lowest BCUT2D eigenvalue weighted by molar-refractivity contribution is -0.384. The highest BCUT2D eigenvalue weighted by atomic mass is 16.6. The number of nitrogens with zero attached hydrogens (tertiary/aromatic N) is 4. The maximum absolute atomic E-state index is 12.8. The van der Waals surface area contributed by atoms with Crippen LogP contribution >= 0.6 is 0 Å². The summed E-state index contributed by atoms with van der Waals surface area (Å²) in [5, 5.41) is 18.7. The number of aromatic nitrogens is 2. The molecular formula is C22H23N5O3. The van der Waals surface area contributed by atoms with Gasteiger partial charge in [0.1, 0.15) is 11.5 Å². The van der Waals surface area contributed by atoms with E-state index in [1.165, 1.54) is 6.07 Å². The Morgan fingerprint density at radius 1 is 1.07 bits per heavy atom. The van der Waals surface area contributed by atoms with Crippen LogP contribution in [0.4, 0.5) is 17.2 Å². The molecule has 1 fully saturated rings. The van der Waals surface area contributed by atoms with Gasteiger partial charge in [-0.05, 0) is 37.0 Å². The first-order valence-electron chi connectivity index (χ1n) is 10.0. The Morgan fingerprint density at radius 2 is 1.83 bits per heavy atom. The smallest absolute Gasteiger partial charge is 0.293 e. The molecule has 2 aromatic carbocycles. The van der Waals surface area contributed by atoms with Gasteiger partial charge in [0.05, 0.1) is 17.7 Å². The van der Waals surface area contributed by atoms with Gasteiger partial charge in [-0.3, -0.25) is 14.9 Å². The van der Waals surface area contributed by atoms with Crippen LogP contribution in [-0.2, 0) is 6.54 Å². The van der Waals surface area contributed by atoms with Crippen molar-refractivity contribution >= 4 is 23.1 Å². The number of benzene rings is 2. The number of nitro groups is 1. The first-order valence-corrected chi connectivity index (χ1v) is 10.0. The Labute approximate surface area is 174 Å². The van der Waals surface area contributed by atoms with Crippen molar-refractivity contribution in [3.63, 3.8) is 0 Å². The zero-order chi connectivity index (χ0) is 20.9. The molecule has 0 bridgehead atoms. The van der Waals surface area contributed by atoms with Crippen molar-refractivity contribution in [2.45, 2.75) is 25.8 Å². The molecule has 2 heterocycles. The van der Waals surface area contributed by atoms with E-state index in [1.54, 1.807) is 29.1 Å². The minimum Gasteiger partial charge on any atom is -0.366 e. The summed E-state index contributed by atoms with van der Waals surface area (Å²) in [6.07, 6.45) is 4.79. The van der Waals surface area contributed by atoms with Gasteiger partial charge in [-0.25, -0.2) is 4.68 Å². The second-order valence-corrected chi connectivity index (χ2v) is 7.32. The molecule has 0 spiro atoms. The average molecular weight is 405 g/mol. The molecule has 0 saturated carbocycles. The van der Waals surface area contributed by atoms with Gasteiger partial charge in [0.2, 0.25) is 0 Å². The van der Waals surface area contributed by atoms with Crippen LogP contribution in [0.1, 0.15) is 35.2 Å². The lowest BCUT2D eigenvalue weighted by atomic mass is 10.1. The monoisotopic (exact) mass is 405 g/mol. The summed E-state index contributed by atoms with van der Waals surface area (Å²) in [4.78, 5) is 26.0. The molecule has 154 valence electrons. The molecule has 1 saturated heterocycles. The van der Waals surface area contributed by atoms with E-state index < -0.39 is 10.8 Å². The summed E-state index contributed by atoms with van der Waals surface area (Å²) in [5.41, 5.74) is 1.83. The summed E-state index contributed by atoms with van der Waals surface area (Å²) in [5.74, 6) is 0.129. The van der Waals surface area contributed by atoms with Gasteiger partial charge in [-0.1, -0.05) is 30.3 Å². The first-order chi connectivity index (χ1) is 14.6. The molecule has 30 heavy (non-hydrogen) atoms. The van der Waals surface area contributed by atoms with Crippen LogP contribution in [0.3, 0.4) is 0 Å². The number of rotatable bonds is 6. The molecule has 1 N–H and O–H groups in total. The van der Waals surface area contributed by atoms with Crippen molar-refractivity contribution in [3.8, 4) is 0 Å². The van der Waals surface area contributed by atoms with Gasteiger partial charge in [-0.2, -0.15) is 5.10 Å². The topological polar surface area (TPSA) is 93.3 Å². The number of hydrogen-bond acceptors (Lipinski definition) is 5. The Bertz CT molecular complexity index is 1040. The van der Waals surface area contributed by atoms with E-state index in [9.17, 15) is 14.9 Å². The molecule has 8 heteroatoms. The van der Waals surface area contributed by atoms with E-state index in [0.717, 1.165) is 37.9 Å². The normalized spacial score (nSPS) is 13.8. The second-order valence-electron chi connectivity index (χ2n) is 7.32. The molecule has 0 aliphatic carbocycles. The quantitative estimate of drug-likeness (QED) is 0.493. The summed E-state index contributed by atoms with van der Waals surface area (Å²) in [6.45, 7) is 2.10. The molecule has 3 aromatic rings. The van der Waals surface area contributed by atoms with Gasteiger partial charge in [0.25, 0.3) is 11.6 Å². The highest BCUT2D eigenvalue weighted by Crippen LogP contribution is 2.31. The maximum Gasteiger partial charge on any atom is 0.293 e. The van der Waals surface area contributed by atoms with E-state index in [-0.39, 0.29) is 11.3 Å². The van der Waals surface area contributed by atoms with Crippen molar-refractivity contribution in [3.05, 3.63) is 82.0 Å². The van der Waals surface area contributed by atoms with E-state index >= 15 is 0 Å². The summed E-state index contributed by atoms with van der Waals surface area (Å²) >= 11 is 0. The predicted molar refractivity (Wildman–Crippen MR) is 115 cm³/mol. The summed E-state index contributed by atoms with van der Waals surface area (Å²) in [6, 6.07) is 16.2. The van der Waals surface area contributed by atoms with Crippen LogP contribution in [0.2, 0.25) is 0 Å². The number of hydrogen-bond donors (Lipinski definition) is 1. The molecule has 0 atom stereocenters. The van der Waals surface area contributed by atoms with Crippen LogP contribution in [-0.4, -0.2) is 33.7 Å². The van der Waals surface area contributed by atoms with Crippen molar-refractivity contribution in [1.29, 1.82) is 0 Å². The van der Waals surface area contributed by atoms with Crippen LogP contribution in [0, 0.1) is 10.1 Å². The van der Waals surface area contributed by atoms with Gasteiger partial charge in [0, 0.05) is 30.8 Å². The van der Waals surface area contributed by atoms with E-state index in [4.69, 9.17) is 0 Å². The second kappa shape index (κ2) is 8.77. The molecule has 0 unspecified atom stereocenters. The van der Waals surface area contributed by atoms with E-state index in [1.807, 2.05) is 35.2 Å². The predicted octanol–water partition coefficient (Wildman–Crippen LogP) is 4.08. The molecule has 1 amide bonds. The zero-order valence-electron chi connectivity index (χ0n) is 16.5. The molecule has 1 aliphatic heterocycles. The third-order valence-electron chi connectivity index (χ3n) is 5.26. The number of nitro benzene ring substituents is 1. The molecule has 4 rings (SSSR count). The first kappa shape index (κ1) is 19.6. The van der Waals surface area contributed by atoms with Gasteiger partial charge in [0.15, 0.2) is 0 Å². The number of carbonyl (C=O) groups excluding carboxylic acids is 1. The van der Waals surface area contributed by atoms with Gasteiger partial charge < -0.3 is 10.2 Å². The molecule has 1 aliphatic rings. The zero-order valence-corrected chi connectivity index (χ0v) is 16.5. The van der Waals surface area contributed by atoms with Crippen molar-refractivity contribution in [2.24, 2.45) is 0 Å². The number of amides is 1. The third-order valence-corrected chi connectivity index (χ3v) is 5.26. The number of carbonyl (C=O) groups is 1. The van der Waals surface area contributed by atoms with Crippen molar-refractivity contribution < 1.29 is 9.72 Å². The molecular weight excluding hydrogens is 382 g/mol. The van der Waals surface area contributed by atoms with E-state index in [2.05, 4.69) is 10.4 Å². The van der Waals surface area contributed by atoms with E-state index in [0.29, 0.717) is 18.1 Å². The summed E-state index contributed by atoms with van der Waals surface area (Å²) < 4.78 is 1.68. The Kier molecular flexibility index (Phi) is 5.74. The minimum atomic E-state index is -0.416. The Balaban J connectivity index is 1.53. The number of nitrogens with one attached hydrogen (secondary N) is 1. The third kappa shape index (κ3) is 4.32. The fraction of sp³-hybridized carbons (Fsp3) is 0.273. The fourth-order valence-corrected chi connectivity index (χ4v) is 3.72. The lowest BCUT2D eigenvalue weighted by Crippen LogP contribution is -2.30. The minimum absolute atomic E-state index is 0.0395. The molecule has 1 aromatic heterocycles. The molecule has 0 radical (unpaired) electrons. The Hall–Kier alpha value is -3.68. The average Bonchev–Trinajstić information content (AvgIpc) is 3.21. The molecule has 8 nitrogen and oxygen atoms in total. The largest absolute Gasteiger partial charge is 0.366 e. The maximum atomic E-state index is 12.8. The Morgan fingerprint density at radius 3 is 2.57 bits per heavy atom. The highest BCUT2D eigenvalue weighted by Gasteiger charge is 2.23. The van der Waals surface area contributed by atoms with Crippen molar-refractivity contribution in [1.82, 2.24) is 9.78 Å². The van der Waals surface area contributed by atoms with Crippen LogP contribution in [0.25, 0.3) is 0 Å². The van der Waals surface area contributed by atoms with Crippen LogP contribution in [0.15, 0.2) is 60.8 Å². The van der Waals surface area contributed by atoms with Crippen LogP contribution in [0.5, 0.6) is 0 Å². The van der Waals surface area contributed by atoms with Gasteiger partial charge >= 0.3 is 0 Å². The summed E-state index contributed by atoms with van der Waals surface area (Å²) in [7, 11) is 0. The number of anilines is 2. The fourth-order valence-electron chi connectivity index (χ4n) is 3.72.